The molecule has 0 saturated heterocycles. The lowest BCUT2D eigenvalue weighted by Crippen LogP contribution is -2.32. The number of methoxy groups -OCH3 is 1. The number of carbonyl (C=O) groups excluding carboxylic acids is 1. The van der Waals surface area contributed by atoms with Crippen LogP contribution in [-0.4, -0.2) is 23.6 Å². The summed E-state index contributed by atoms with van der Waals surface area (Å²) in [4.78, 5) is 12.7. The average Bonchev–Trinajstić information content (AvgIpc) is 3.38. The molecule has 5 heteroatoms. The minimum Gasteiger partial charge on any atom is -0.496 e. The third-order valence-electron chi connectivity index (χ3n) is 5.18. The molecule has 1 unspecified atom stereocenters. The van der Waals surface area contributed by atoms with Crippen LogP contribution in [0, 0.1) is 18.7 Å². The highest BCUT2D eigenvalue weighted by molar-refractivity contribution is 5.97. The predicted octanol–water partition coefficient (Wildman–Crippen LogP) is 4.55. The van der Waals surface area contributed by atoms with Crippen molar-refractivity contribution in [3.63, 3.8) is 0 Å². The molecule has 3 rings (SSSR count). The Bertz CT molecular complexity index is 809. The van der Waals surface area contributed by atoms with E-state index in [4.69, 9.17) is 4.74 Å². The number of hydrogen-bond acceptors (Lipinski definition) is 2. The van der Waals surface area contributed by atoms with Gasteiger partial charge in [0.2, 0.25) is 0 Å². The van der Waals surface area contributed by atoms with Crippen LogP contribution in [0.2, 0.25) is 0 Å². The number of carbonyl (C=O) groups is 1. The number of nitrogens with one attached hydrogen (secondary N) is 1. The fourth-order valence-electron chi connectivity index (χ4n) is 3.18. The summed E-state index contributed by atoms with van der Waals surface area (Å²) >= 11 is 0. The van der Waals surface area contributed by atoms with Gasteiger partial charge in [-0.1, -0.05) is 6.92 Å². The van der Waals surface area contributed by atoms with E-state index in [0.717, 1.165) is 24.4 Å². The van der Waals surface area contributed by atoms with Gasteiger partial charge in [-0.3, -0.25) is 4.79 Å². The highest BCUT2D eigenvalue weighted by Gasteiger charge is 2.27. The van der Waals surface area contributed by atoms with Crippen LogP contribution in [0.4, 0.5) is 4.39 Å². The maximum atomic E-state index is 13.9. The Morgan fingerprint density at radius 2 is 2.12 bits per heavy atom. The molecule has 1 aliphatic carbocycles. The van der Waals surface area contributed by atoms with E-state index >= 15 is 0 Å². The van der Waals surface area contributed by atoms with Crippen molar-refractivity contribution in [3.05, 3.63) is 41.3 Å². The molecule has 4 nitrogen and oxygen atoms in total. The summed E-state index contributed by atoms with van der Waals surface area (Å²) in [7, 11) is 1.58. The van der Waals surface area contributed by atoms with E-state index in [0.29, 0.717) is 22.8 Å². The van der Waals surface area contributed by atoms with E-state index < -0.39 is 0 Å². The Labute approximate surface area is 154 Å². The Morgan fingerprint density at radius 3 is 2.73 bits per heavy atom. The monoisotopic (exact) mass is 358 g/mol. The number of aromatic nitrogens is 1. The molecule has 2 aromatic rings. The summed E-state index contributed by atoms with van der Waals surface area (Å²) in [5, 5.41) is 3.03. The van der Waals surface area contributed by atoms with Crippen molar-refractivity contribution in [2.75, 3.05) is 7.11 Å². The Morgan fingerprint density at radius 1 is 1.38 bits per heavy atom. The van der Waals surface area contributed by atoms with Crippen LogP contribution < -0.4 is 10.1 Å². The molecule has 1 aromatic heterocycles. The topological polar surface area (TPSA) is 43.3 Å². The molecule has 1 heterocycles. The number of hydrogen-bond donors (Lipinski definition) is 1. The van der Waals surface area contributed by atoms with Crippen molar-refractivity contribution in [2.24, 2.45) is 5.92 Å². The van der Waals surface area contributed by atoms with Crippen LogP contribution in [0.15, 0.2) is 24.3 Å². The highest BCUT2D eigenvalue weighted by atomic mass is 19.1. The van der Waals surface area contributed by atoms with Crippen molar-refractivity contribution in [3.8, 4) is 17.0 Å². The normalized spacial score (nSPS) is 15.0. The first kappa shape index (κ1) is 18.5. The van der Waals surface area contributed by atoms with Gasteiger partial charge < -0.3 is 14.6 Å². The highest BCUT2D eigenvalue weighted by Crippen LogP contribution is 2.38. The molecule has 140 valence electrons. The molecule has 0 radical (unpaired) electrons. The van der Waals surface area contributed by atoms with Gasteiger partial charge in [0, 0.05) is 23.8 Å². The lowest BCUT2D eigenvalue weighted by atomic mass is 10.1. The van der Waals surface area contributed by atoms with Gasteiger partial charge in [-0.05, 0) is 63.3 Å². The Hall–Kier alpha value is -2.30. The van der Waals surface area contributed by atoms with Crippen LogP contribution in [0.3, 0.4) is 0 Å². The average molecular weight is 358 g/mol. The lowest BCUT2D eigenvalue weighted by Gasteiger charge is -2.14. The van der Waals surface area contributed by atoms with Crippen molar-refractivity contribution in [1.29, 1.82) is 0 Å². The standard InChI is InChI=1S/C21H27FN2O2/c1-5-13(2)23-21(25)17-11-19(24(14(17)3)12-15-6-7-15)18-10-16(22)8-9-20(18)26-4/h8-11,13,15H,5-7,12H2,1-4H3,(H,23,25). The fourth-order valence-corrected chi connectivity index (χ4v) is 3.18. The molecular formula is C21H27FN2O2. The maximum absolute atomic E-state index is 13.9. The minimum absolute atomic E-state index is 0.0805. The van der Waals surface area contributed by atoms with Gasteiger partial charge in [0.25, 0.3) is 5.91 Å². The van der Waals surface area contributed by atoms with Gasteiger partial charge in [0.15, 0.2) is 0 Å². The second kappa shape index (κ2) is 7.52. The van der Waals surface area contributed by atoms with Crippen LogP contribution in [0.25, 0.3) is 11.3 Å². The third kappa shape index (κ3) is 3.76. The van der Waals surface area contributed by atoms with E-state index in [1.807, 2.05) is 26.8 Å². The smallest absolute Gasteiger partial charge is 0.253 e. The summed E-state index contributed by atoms with van der Waals surface area (Å²) in [6.07, 6.45) is 3.27. The first-order chi connectivity index (χ1) is 12.4. The van der Waals surface area contributed by atoms with Gasteiger partial charge in [-0.25, -0.2) is 4.39 Å². The van der Waals surface area contributed by atoms with Crippen LogP contribution in [-0.2, 0) is 6.54 Å². The maximum Gasteiger partial charge on any atom is 0.253 e. The van der Waals surface area contributed by atoms with E-state index in [1.54, 1.807) is 13.2 Å². The number of ether oxygens (including phenoxy) is 1. The van der Waals surface area contributed by atoms with Crippen molar-refractivity contribution < 1.29 is 13.9 Å². The zero-order valence-electron chi connectivity index (χ0n) is 15.9. The summed E-state index contributed by atoms with van der Waals surface area (Å²) < 4.78 is 21.5. The second-order valence-electron chi connectivity index (χ2n) is 7.21. The molecule has 0 bridgehead atoms. The quantitative estimate of drug-likeness (QED) is 0.789. The van der Waals surface area contributed by atoms with Crippen LogP contribution in [0.5, 0.6) is 5.75 Å². The van der Waals surface area contributed by atoms with E-state index in [1.165, 1.54) is 25.0 Å². The summed E-state index contributed by atoms with van der Waals surface area (Å²) in [6.45, 7) is 6.84. The predicted molar refractivity (Wildman–Crippen MR) is 101 cm³/mol. The minimum atomic E-state index is -0.316. The second-order valence-corrected chi connectivity index (χ2v) is 7.21. The number of amides is 1. The zero-order valence-corrected chi connectivity index (χ0v) is 15.9. The molecule has 1 N–H and O–H groups in total. The molecule has 1 fully saturated rings. The summed E-state index contributed by atoms with van der Waals surface area (Å²) in [6, 6.07) is 6.48. The molecule has 1 saturated carbocycles. The number of nitrogens with zero attached hydrogens (tertiary/aromatic N) is 1. The molecule has 1 atom stereocenters. The lowest BCUT2D eigenvalue weighted by molar-refractivity contribution is 0.0938. The molecule has 0 spiro atoms. The van der Waals surface area contributed by atoms with Crippen molar-refractivity contribution in [1.82, 2.24) is 9.88 Å². The molecular weight excluding hydrogens is 331 g/mol. The number of halogens is 1. The van der Waals surface area contributed by atoms with Gasteiger partial charge in [-0.2, -0.15) is 0 Å². The van der Waals surface area contributed by atoms with Gasteiger partial charge >= 0.3 is 0 Å². The third-order valence-corrected chi connectivity index (χ3v) is 5.18. The Kier molecular flexibility index (Phi) is 5.35. The molecule has 1 aromatic carbocycles. The summed E-state index contributed by atoms with van der Waals surface area (Å²) in [5.74, 6) is 0.839. The molecule has 26 heavy (non-hydrogen) atoms. The SMILES string of the molecule is CCC(C)NC(=O)c1cc(-c2cc(F)ccc2OC)n(CC2CC2)c1C. The molecule has 1 amide bonds. The number of rotatable bonds is 7. The van der Waals surface area contributed by atoms with Crippen LogP contribution in [0.1, 0.15) is 49.2 Å². The fraction of sp³-hybridized carbons (Fsp3) is 0.476. The van der Waals surface area contributed by atoms with Crippen molar-refractivity contribution in [2.45, 2.75) is 52.6 Å². The first-order valence-electron chi connectivity index (χ1n) is 9.29. The summed E-state index contributed by atoms with van der Waals surface area (Å²) in [5.41, 5.74) is 3.07. The van der Waals surface area contributed by atoms with Gasteiger partial charge in [-0.15, -0.1) is 0 Å². The molecule has 1 aliphatic rings. The van der Waals surface area contributed by atoms with E-state index in [-0.39, 0.29) is 17.8 Å². The van der Waals surface area contributed by atoms with Crippen molar-refractivity contribution >= 4 is 5.91 Å². The van der Waals surface area contributed by atoms with E-state index in [2.05, 4.69) is 9.88 Å². The first-order valence-corrected chi connectivity index (χ1v) is 9.29. The number of benzene rings is 1. The van der Waals surface area contributed by atoms with Gasteiger partial charge in [0.05, 0.1) is 18.4 Å². The zero-order chi connectivity index (χ0) is 18.8. The Balaban J connectivity index is 2.07. The van der Waals surface area contributed by atoms with Crippen LogP contribution >= 0.6 is 0 Å². The van der Waals surface area contributed by atoms with E-state index in [9.17, 15) is 9.18 Å². The molecule has 0 aliphatic heterocycles. The van der Waals surface area contributed by atoms with Gasteiger partial charge in [0.1, 0.15) is 11.6 Å². The largest absolute Gasteiger partial charge is 0.496 e.